The van der Waals surface area contributed by atoms with Gasteiger partial charge in [0, 0.05) is 72.6 Å². The van der Waals surface area contributed by atoms with Crippen molar-refractivity contribution in [1.82, 2.24) is 56.3 Å². The number of Topliss-reactive ketones (excluding diaryl/α,β-unsaturated/α-hetero) is 1. The van der Waals surface area contributed by atoms with Crippen molar-refractivity contribution in [1.29, 1.82) is 0 Å². The standard InChI is InChI=1S/C59H73N13O8/c1-34(60-9)51(74)69-47(58(3,4)5)56(79)71-32-36(29-44(71)54(77)67-42-19-13-11-17-40(42)49-62-25-15-26-63-49)30-46(73)37-21-23-38(24-22-37)53(76)66-39-31-45(55(78)68-43-20-14-12-18-41(43)50-64-27-16-28-65-50)72(33-39)57(80)48(59(6,7)8)70-52(75)35(2)61-10/h11-28,34-36,39,44-45,47-48,60-61H,29-33H2,1-10H3,(H,66,76)(H,67,77)(H,68,78)(H,69,74)(H,70,75)/t34-,35-,36+,39-,44-,45-,47+,48+/m0/s1. The number of carbonyl (C=O) groups excluding carboxylic acids is 8. The molecule has 21 nitrogen and oxygen atoms in total. The lowest BCUT2D eigenvalue weighted by molar-refractivity contribution is -0.143. The summed E-state index contributed by atoms with van der Waals surface area (Å²) in [7, 11) is 3.27. The molecule has 8 atom stereocenters. The highest BCUT2D eigenvalue weighted by Gasteiger charge is 2.47. The molecule has 7 N–H and O–H groups in total. The third kappa shape index (κ3) is 14.3. The fourth-order valence-electron chi connectivity index (χ4n) is 9.76. The third-order valence-electron chi connectivity index (χ3n) is 14.6. The molecule has 4 heterocycles. The number of likely N-dealkylation sites (tertiary alicyclic amines) is 2. The van der Waals surface area contributed by atoms with Crippen LogP contribution in [0.3, 0.4) is 0 Å². The quantitative estimate of drug-likeness (QED) is 0.0555. The van der Waals surface area contributed by atoms with Crippen molar-refractivity contribution >= 4 is 58.5 Å². The molecule has 2 aromatic heterocycles. The molecule has 0 bridgehead atoms. The van der Waals surface area contributed by atoms with E-state index >= 15 is 0 Å². The van der Waals surface area contributed by atoms with Gasteiger partial charge < -0.3 is 47.0 Å². The van der Waals surface area contributed by atoms with E-state index in [1.807, 2.05) is 41.5 Å². The first-order valence-corrected chi connectivity index (χ1v) is 26.8. The summed E-state index contributed by atoms with van der Waals surface area (Å²) in [5.74, 6) is -3.26. The van der Waals surface area contributed by atoms with Crippen LogP contribution in [0.4, 0.5) is 11.4 Å². The van der Waals surface area contributed by atoms with E-state index in [2.05, 4.69) is 57.2 Å². The minimum atomic E-state index is -1.08. The largest absolute Gasteiger partial charge is 0.347 e. The molecule has 2 aliphatic rings. The van der Waals surface area contributed by atoms with Gasteiger partial charge in [-0.25, -0.2) is 19.9 Å². The number of hydrogen-bond donors (Lipinski definition) is 7. The van der Waals surface area contributed by atoms with Gasteiger partial charge in [0.05, 0.1) is 23.5 Å². The summed E-state index contributed by atoms with van der Waals surface area (Å²) in [5, 5.41) is 20.5. The molecule has 7 rings (SSSR count). The minimum absolute atomic E-state index is 0.0352. The maximum absolute atomic E-state index is 14.7. The summed E-state index contributed by atoms with van der Waals surface area (Å²) in [6.45, 7) is 14.3. The molecule has 0 saturated carbocycles. The first kappa shape index (κ1) is 59.4. The highest BCUT2D eigenvalue weighted by molar-refractivity contribution is 6.04. The first-order chi connectivity index (χ1) is 38.0. The Labute approximate surface area is 466 Å². The van der Waals surface area contributed by atoms with Crippen LogP contribution in [0.5, 0.6) is 0 Å². The van der Waals surface area contributed by atoms with Gasteiger partial charge in [0.25, 0.3) is 5.91 Å². The van der Waals surface area contributed by atoms with E-state index in [1.54, 1.807) is 113 Å². The Morgan fingerprint density at radius 2 is 0.963 bits per heavy atom. The van der Waals surface area contributed by atoms with Crippen LogP contribution >= 0.6 is 0 Å². The average molecular weight is 1090 g/mol. The molecule has 21 heteroatoms. The van der Waals surface area contributed by atoms with E-state index < -0.39 is 100 Å². The number of benzene rings is 3. The Bertz CT molecular complexity index is 2850. The summed E-state index contributed by atoms with van der Waals surface area (Å²) in [5.41, 5.74) is 0.924. The lowest BCUT2D eigenvalue weighted by atomic mass is 9.85. The Morgan fingerprint density at radius 3 is 1.40 bits per heavy atom. The van der Waals surface area contributed by atoms with Crippen molar-refractivity contribution in [3.05, 3.63) is 121 Å². The highest BCUT2D eigenvalue weighted by atomic mass is 16.2. The van der Waals surface area contributed by atoms with Gasteiger partial charge in [-0.05, 0) is 106 Å². The summed E-state index contributed by atoms with van der Waals surface area (Å²) in [6.07, 6.45) is 6.50. The van der Waals surface area contributed by atoms with Crippen LogP contribution in [0.1, 0.15) is 95.4 Å². The molecule has 0 unspecified atom stereocenters. The SMILES string of the molecule is CN[C@@H](C)C(=O)N[C@H](C(=O)N1C[C@@H](CC(=O)c2ccc(C(=O)N[C@H]3C[C@@H](C(=O)Nc4ccccc4-c4ncccn4)N(C(=O)[C@@H](NC(=O)[C@H](C)NC)C(C)(C)C)C3)cc2)C[C@H]1C(=O)Nc1ccccc1-c1ncccn1)C(C)(C)C. The number of likely N-dealkylation sites (N-methyl/N-ethyl adjacent to an activating group) is 2. The Morgan fingerprint density at radius 1 is 0.550 bits per heavy atom. The van der Waals surface area contributed by atoms with Crippen molar-refractivity contribution in [2.45, 2.75) is 117 Å². The van der Waals surface area contributed by atoms with Crippen LogP contribution in [-0.4, -0.2) is 146 Å². The van der Waals surface area contributed by atoms with E-state index in [9.17, 15) is 38.4 Å². The average Bonchev–Trinajstić information content (AvgIpc) is 4.09. The van der Waals surface area contributed by atoms with Crippen LogP contribution in [0.15, 0.2) is 110 Å². The van der Waals surface area contributed by atoms with Crippen LogP contribution in [0.2, 0.25) is 0 Å². The lowest BCUT2D eigenvalue weighted by Crippen LogP contribution is -2.59. The zero-order chi connectivity index (χ0) is 58.1. The zero-order valence-electron chi connectivity index (χ0n) is 47.0. The topological polar surface area (TPSA) is 279 Å². The summed E-state index contributed by atoms with van der Waals surface area (Å²) in [6, 6.07) is 17.4. The number of anilines is 2. The smallest absolute Gasteiger partial charge is 0.251 e. The van der Waals surface area contributed by atoms with E-state index in [0.29, 0.717) is 39.7 Å². The number of carbonyl (C=O) groups is 8. The number of rotatable bonds is 19. The van der Waals surface area contributed by atoms with Crippen molar-refractivity contribution < 1.29 is 38.4 Å². The van der Waals surface area contributed by atoms with Crippen molar-refractivity contribution in [2.75, 3.05) is 37.8 Å². The Hall–Kier alpha value is -8.30. The van der Waals surface area contributed by atoms with Crippen LogP contribution in [0, 0.1) is 16.7 Å². The molecule has 2 fully saturated rings. The molecule has 0 aliphatic carbocycles. The number of nitrogens with one attached hydrogen (secondary N) is 7. The van der Waals surface area contributed by atoms with Gasteiger partial charge in [0.2, 0.25) is 35.4 Å². The summed E-state index contributed by atoms with van der Waals surface area (Å²) < 4.78 is 0. The van der Waals surface area contributed by atoms with Gasteiger partial charge in [-0.3, -0.25) is 38.4 Å². The molecule has 80 heavy (non-hydrogen) atoms. The van der Waals surface area contributed by atoms with Gasteiger partial charge in [-0.15, -0.1) is 0 Å². The Balaban J connectivity index is 1.08. The summed E-state index contributed by atoms with van der Waals surface area (Å²) >= 11 is 0. The maximum atomic E-state index is 14.7. The molecule has 5 aromatic rings. The molecular weight excluding hydrogens is 1020 g/mol. The molecular formula is C59H73N13O8. The molecule has 3 aromatic carbocycles. The molecule has 2 aliphatic heterocycles. The maximum Gasteiger partial charge on any atom is 0.251 e. The number of hydrogen-bond acceptors (Lipinski definition) is 14. The molecule has 422 valence electrons. The predicted octanol–water partition coefficient (Wildman–Crippen LogP) is 4.64. The van der Waals surface area contributed by atoms with Gasteiger partial charge in [-0.1, -0.05) is 77.9 Å². The van der Waals surface area contributed by atoms with E-state index in [4.69, 9.17) is 0 Å². The first-order valence-electron chi connectivity index (χ1n) is 26.8. The number of para-hydroxylation sites is 2. The predicted molar refractivity (Wildman–Crippen MR) is 302 cm³/mol. The van der Waals surface area contributed by atoms with Gasteiger partial charge in [0.1, 0.15) is 24.2 Å². The molecule has 0 spiro atoms. The molecule has 2 saturated heterocycles. The van der Waals surface area contributed by atoms with Crippen molar-refractivity contribution in [3.63, 3.8) is 0 Å². The van der Waals surface area contributed by atoms with Gasteiger partial charge in [0.15, 0.2) is 17.4 Å². The molecule has 0 radical (unpaired) electrons. The van der Waals surface area contributed by atoms with Gasteiger partial charge in [-0.2, -0.15) is 0 Å². The number of aromatic nitrogens is 4. The Kier molecular flexibility index (Phi) is 19.0. The van der Waals surface area contributed by atoms with Crippen LogP contribution < -0.4 is 37.2 Å². The zero-order valence-corrected chi connectivity index (χ0v) is 47.0. The van der Waals surface area contributed by atoms with Crippen LogP contribution in [0.25, 0.3) is 22.8 Å². The second-order valence-corrected chi connectivity index (χ2v) is 22.6. The lowest BCUT2D eigenvalue weighted by Gasteiger charge is -2.36. The van der Waals surface area contributed by atoms with Crippen LogP contribution in [-0.2, 0) is 28.8 Å². The molecule has 7 amide bonds. The number of ketones is 1. The second kappa shape index (κ2) is 25.7. The number of amides is 7. The monoisotopic (exact) mass is 1090 g/mol. The third-order valence-corrected chi connectivity index (χ3v) is 14.6. The van der Waals surface area contributed by atoms with Crippen molar-refractivity contribution in [3.8, 4) is 22.8 Å². The van der Waals surface area contributed by atoms with E-state index in [0.717, 1.165) is 0 Å². The van der Waals surface area contributed by atoms with Gasteiger partial charge >= 0.3 is 0 Å². The summed E-state index contributed by atoms with van der Waals surface area (Å²) in [4.78, 5) is 133. The van der Waals surface area contributed by atoms with E-state index in [1.165, 1.54) is 34.1 Å². The second-order valence-electron chi connectivity index (χ2n) is 22.6. The highest BCUT2D eigenvalue weighted by Crippen LogP contribution is 2.34. The fourth-order valence-corrected chi connectivity index (χ4v) is 9.76. The van der Waals surface area contributed by atoms with Crippen molar-refractivity contribution in [2.24, 2.45) is 16.7 Å². The minimum Gasteiger partial charge on any atom is -0.347 e. The fraction of sp³-hybridized carbons (Fsp3) is 0.424. The number of nitrogens with zero attached hydrogens (tertiary/aromatic N) is 6. The normalized spacial score (nSPS) is 18.7. The van der Waals surface area contributed by atoms with E-state index in [-0.39, 0.29) is 43.7 Å².